The highest BCUT2D eigenvalue weighted by molar-refractivity contribution is 7.89. The molecule has 8 heteroatoms. The van der Waals surface area contributed by atoms with Gasteiger partial charge in [0, 0.05) is 37.7 Å². The fraction of sp³-hybridized carbons (Fsp3) is 0.200. The molecule has 0 aliphatic rings. The maximum atomic E-state index is 12.7. The average molecular weight is 398 g/mol. The summed E-state index contributed by atoms with van der Waals surface area (Å²) in [5, 5.41) is 6.98. The van der Waals surface area contributed by atoms with Crippen LogP contribution in [0.25, 0.3) is 5.69 Å². The second kappa shape index (κ2) is 7.57. The van der Waals surface area contributed by atoms with E-state index < -0.39 is 10.0 Å². The quantitative estimate of drug-likeness (QED) is 0.716. The maximum absolute atomic E-state index is 12.7. The minimum Gasteiger partial charge on any atom is -0.322 e. The van der Waals surface area contributed by atoms with Crippen LogP contribution in [0.3, 0.4) is 0 Å². The number of rotatable bonds is 5. The monoisotopic (exact) mass is 398 g/mol. The van der Waals surface area contributed by atoms with Crippen molar-refractivity contribution in [2.24, 2.45) is 0 Å². The number of nitrogens with zero attached hydrogens (tertiary/aromatic N) is 3. The van der Waals surface area contributed by atoms with Crippen LogP contribution in [0.15, 0.2) is 59.8 Å². The van der Waals surface area contributed by atoms with Crippen molar-refractivity contribution in [1.29, 1.82) is 0 Å². The average Bonchev–Trinajstić information content (AvgIpc) is 3.19. The van der Waals surface area contributed by atoms with Gasteiger partial charge in [0.15, 0.2) is 0 Å². The first kappa shape index (κ1) is 19.8. The molecule has 0 bridgehead atoms. The second-order valence-electron chi connectivity index (χ2n) is 6.65. The molecule has 0 saturated heterocycles. The van der Waals surface area contributed by atoms with Crippen molar-refractivity contribution >= 4 is 21.6 Å². The number of aromatic nitrogens is 2. The Bertz CT molecular complexity index is 1100. The van der Waals surface area contributed by atoms with E-state index in [0.717, 1.165) is 21.1 Å². The van der Waals surface area contributed by atoms with Crippen molar-refractivity contribution in [3.63, 3.8) is 0 Å². The molecule has 28 heavy (non-hydrogen) atoms. The van der Waals surface area contributed by atoms with E-state index >= 15 is 0 Å². The van der Waals surface area contributed by atoms with Crippen LogP contribution in [0.1, 0.15) is 21.5 Å². The Labute approximate surface area is 164 Å². The normalized spacial score (nSPS) is 11.6. The van der Waals surface area contributed by atoms with Gasteiger partial charge in [-0.25, -0.2) is 17.4 Å². The standard InChI is InChI=1S/C20H22N4O3S/c1-14-12-18(28(26,27)23(3)4)13-19(15(14)2)22-20(25)16-6-8-17(9-7-16)24-11-5-10-21-24/h5-13H,1-4H3,(H,22,25). The molecule has 0 atom stereocenters. The van der Waals surface area contributed by atoms with Crippen LogP contribution >= 0.6 is 0 Å². The Hall–Kier alpha value is -2.97. The highest BCUT2D eigenvalue weighted by Gasteiger charge is 2.20. The van der Waals surface area contributed by atoms with Gasteiger partial charge in [-0.05, 0) is 67.4 Å². The van der Waals surface area contributed by atoms with E-state index in [1.54, 1.807) is 41.2 Å². The smallest absolute Gasteiger partial charge is 0.255 e. The molecule has 0 unspecified atom stereocenters. The zero-order valence-electron chi connectivity index (χ0n) is 16.2. The zero-order valence-corrected chi connectivity index (χ0v) is 17.0. The first-order valence-electron chi connectivity index (χ1n) is 8.65. The van der Waals surface area contributed by atoms with Crippen LogP contribution in [-0.4, -0.2) is 42.5 Å². The molecule has 0 aliphatic heterocycles. The van der Waals surface area contributed by atoms with Gasteiger partial charge >= 0.3 is 0 Å². The van der Waals surface area contributed by atoms with Crippen molar-refractivity contribution in [3.8, 4) is 5.69 Å². The number of sulfonamides is 1. The lowest BCUT2D eigenvalue weighted by molar-refractivity contribution is 0.102. The Kier molecular flexibility index (Phi) is 5.35. The molecular weight excluding hydrogens is 376 g/mol. The zero-order chi connectivity index (χ0) is 20.5. The number of hydrogen-bond donors (Lipinski definition) is 1. The molecule has 1 heterocycles. The third-order valence-electron chi connectivity index (χ3n) is 4.57. The summed E-state index contributed by atoms with van der Waals surface area (Å²) in [6.45, 7) is 3.66. The van der Waals surface area contributed by atoms with Crippen molar-refractivity contribution < 1.29 is 13.2 Å². The van der Waals surface area contributed by atoms with Crippen molar-refractivity contribution in [3.05, 3.63) is 71.5 Å². The molecule has 7 nitrogen and oxygen atoms in total. The topological polar surface area (TPSA) is 84.3 Å². The molecule has 3 aromatic rings. The van der Waals surface area contributed by atoms with Crippen molar-refractivity contribution in [1.82, 2.24) is 14.1 Å². The van der Waals surface area contributed by atoms with E-state index in [1.807, 2.05) is 26.1 Å². The fourth-order valence-electron chi connectivity index (χ4n) is 2.70. The van der Waals surface area contributed by atoms with Gasteiger partial charge in [0.05, 0.1) is 10.6 Å². The summed E-state index contributed by atoms with van der Waals surface area (Å²) in [4.78, 5) is 12.8. The van der Waals surface area contributed by atoms with E-state index in [2.05, 4.69) is 10.4 Å². The van der Waals surface area contributed by atoms with Crippen LogP contribution in [0, 0.1) is 13.8 Å². The van der Waals surface area contributed by atoms with E-state index in [9.17, 15) is 13.2 Å². The molecule has 0 saturated carbocycles. The highest BCUT2D eigenvalue weighted by Crippen LogP contribution is 2.26. The lowest BCUT2D eigenvalue weighted by Gasteiger charge is -2.16. The van der Waals surface area contributed by atoms with E-state index in [0.29, 0.717) is 11.3 Å². The largest absolute Gasteiger partial charge is 0.322 e. The number of hydrogen-bond acceptors (Lipinski definition) is 4. The Morgan fingerprint density at radius 1 is 1.11 bits per heavy atom. The van der Waals surface area contributed by atoms with Crippen molar-refractivity contribution in [2.75, 3.05) is 19.4 Å². The summed E-state index contributed by atoms with van der Waals surface area (Å²) in [5.41, 5.74) is 3.38. The summed E-state index contributed by atoms with van der Waals surface area (Å²) in [6, 6.07) is 11.9. The maximum Gasteiger partial charge on any atom is 0.255 e. The van der Waals surface area contributed by atoms with Gasteiger partial charge in [-0.15, -0.1) is 0 Å². The highest BCUT2D eigenvalue weighted by atomic mass is 32.2. The molecule has 0 aliphatic carbocycles. The van der Waals surface area contributed by atoms with Gasteiger partial charge in [-0.2, -0.15) is 5.10 Å². The van der Waals surface area contributed by atoms with E-state index in [1.165, 1.54) is 20.2 Å². The number of carbonyl (C=O) groups excluding carboxylic acids is 1. The van der Waals surface area contributed by atoms with Crippen LogP contribution in [-0.2, 0) is 10.0 Å². The van der Waals surface area contributed by atoms with Gasteiger partial charge in [-0.1, -0.05) is 0 Å². The lowest BCUT2D eigenvalue weighted by atomic mass is 10.1. The molecule has 3 rings (SSSR count). The van der Waals surface area contributed by atoms with Crippen molar-refractivity contribution in [2.45, 2.75) is 18.7 Å². The van der Waals surface area contributed by atoms with Crippen LogP contribution < -0.4 is 5.32 Å². The number of anilines is 1. The van der Waals surface area contributed by atoms with Crippen LogP contribution in [0.2, 0.25) is 0 Å². The van der Waals surface area contributed by atoms with E-state index in [-0.39, 0.29) is 10.8 Å². The molecule has 0 radical (unpaired) electrons. The molecule has 146 valence electrons. The van der Waals surface area contributed by atoms with E-state index in [4.69, 9.17) is 0 Å². The molecule has 0 fully saturated rings. The third-order valence-corrected chi connectivity index (χ3v) is 6.36. The van der Waals surface area contributed by atoms with Gasteiger partial charge in [0.2, 0.25) is 10.0 Å². The number of aryl methyl sites for hydroxylation is 1. The number of nitrogens with one attached hydrogen (secondary N) is 1. The summed E-state index contributed by atoms with van der Waals surface area (Å²) < 4.78 is 27.8. The molecule has 1 aromatic heterocycles. The lowest BCUT2D eigenvalue weighted by Crippen LogP contribution is -2.23. The first-order valence-corrected chi connectivity index (χ1v) is 10.1. The van der Waals surface area contributed by atoms with Gasteiger partial charge in [-0.3, -0.25) is 4.79 Å². The van der Waals surface area contributed by atoms with Gasteiger partial charge in [0.1, 0.15) is 0 Å². The Morgan fingerprint density at radius 2 is 1.79 bits per heavy atom. The summed E-state index contributed by atoms with van der Waals surface area (Å²) >= 11 is 0. The SMILES string of the molecule is Cc1cc(S(=O)(=O)N(C)C)cc(NC(=O)c2ccc(-n3cccn3)cc2)c1C. The summed E-state index contributed by atoms with van der Waals surface area (Å²) in [6.07, 6.45) is 3.50. The van der Waals surface area contributed by atoms with Gasteiger partial charge in [0.25, 0.3) is 5.91 Å². The summed E-state index contributed by atoms with van der Waals surface area (Å²) in [7, 11) is -0.645. The third kappa shape index (κ3) is 3.83. The molecule has 1 N–H and O–H groups in total. The molecule has 1 amide bonds. The molecular formula is C20H22N4O3S. The number of carbonyl (C=O) groups is 1. The number of amides is 1. The second-order valence-corrected chi connectivity index (χ2v) is 8.80. The predicted molar refractivity (Wildman–Crippen MR) is 108 cm³/mol. The molecule has 0 spiro atoms. The van der Waals surface area contributed by atoms with Gasteiger partial charge < -0.3 is 5.32 Å². The fourth-order valence-corrected chi connectivity index (χ4v) is 3.71. The Balaban J connectivity index is 1.89. The Morgan fingerprint density at radius 3 is 2.36 bits per heavy atom. The summed E-state index contributed by atoms with van der Waals surface area (Å²) in [5.74, 6) is -0.311. The van der Waals surface area contributed by atoms with Crippen LogP contribution in [0.5, 0.6) is 0 Å². The number of benzene rings is 2. The molecule has 2 aromatic carbocycles. The minimum atomic E-state index is -3.60. The van der Waals surface area contributed by atoms with Crippen LogP contribution in [0.4, 0.5) is 5.69 Å². The first-order chi connectivity index (χ1) is 13.2. The predicted octanol–water partition coefficient (Wildman–Crippen LogP) is 2.99. The minimum absolute atomic E-state index is 0.143.